The van der Waals surface area contributed by atoms with Gasteiger partial charge in [0.2, 0.25) is 11.8 Å². The van der Waals surface area contributed by atoms with Crippen LogP contribution in [-0.2, 0) is 22.7 Å². The summed E-state index contributed by atoms with van der Waals surface area (Å²) in [5, 5.41) is 14.2. The lowest BCUT2D eigenvalue weighted by molar-refractivity contribution is -0.133. The van der Waals surface area contributed by atoms with Crippen molar-refractivity contribution in [1.82, 2.24) is 25.0 Å². The highest BCUT2D eigenvalue weighted by molar-refractivity contribution is 7.99. The normalized spacial score (nSPS) is 13.6. The summed E-state index contributed by atoms with van der Waals surface area (Å²) < 4.78 is 2.10. The molecule has 0 saturated heterocycles. The lowest BCUT2D eigenvalue weighted by atomic mass is 10.4. The summed E-state index contributed by atoms with van der Waals surface area (Å²) >= 11 is 3.00. The fourth-order valence-electron chi connectivity index (χ4n) is 2.77. The minimum atomic E-state index is -0.142. The standard InChI is InChI=1S/C18H25N5O2S2/c1-3-22(11-15(24)19-10-14-6-5-9-26-14)16(25)12-27-18-21-20-17(13-7-8-13)23(18)4-2/h5-6,9,13H,3-4,7-8,10-12H2,1-2H3,(H,19,24). The molecule has 3 rings (SSSR count). The highest BCUT2D eigenvalue weighted by Gasteiger charge is 2.30. The summed E-state index contributed by atoms with van der Waals surface area (Å²) in [6.07, 6.45) is 2.35. The van der Waals surface area contributed by atoms with Crippen LogP contribution in [0.5, 0.6) is 0 Å². The van der Waals surface area contributed by atoms with Crippen molar-refractivity contribution in [1.29, 1.82) is 0 Å². The number of thiophene rings is 1. The molecule has 0 bridgehead atoms. The van der Waals surface area contributed by atoms with Crippen LogP contribution in [0.1, 0.15) is 43.3 Å². The number of rotatable bonds is 10. The highest BCUT2D eigenvalue weighted by atomic mass is 32.2. The first-order valence-corrected chi connectivity index (χ1v) is 11.1. The van der Waals surface area contributed by atoms with E-state index in [0.29, 0.717) is 19.0 Å². The predicted molar refractivity (Wildman–Crippen MR) is 107 cm³/mol. The first kappa shape index (κ1) is 19.9. The van der Waals surface area contributed by atoms with Gasteiger partial charge in [-0.3, -0.25) is 9.59 Å². The topological polar surface area (TPSA) is 80.1 Å². The van der Waals surface area contributed by atoms with Crippen molar-refractivity contribution in [3.8, 4) is 0 Å². The third-order valence-electron chi connectivity index (χ3n) is 4.44. The Hall–Kier alpha value is -1.87. The lowest BCUT2D eigenvalue weighted by Gasteiger charge is -2.20. The zero-order chi connectivity index (χ0) is 19.2. The van der Waals surface area contributed by atoms with E-state index in [1.165, 1.54) is 24.6 Å². The molecule has 0 radical (unpaired) electrons. The van der Waals surface area contributed by atoms with Gasteiger partial charge in [-0.25, -0.2) is 0 Å². The van der Waals surface area contributed by atoms with Gasteiger partial charge in [0.05, 0.1) is 18.8 Å². The van der Waals surface area contributed by atoms with E-state index in [9.17, 15) is 9.59 Å². The number of hydrogen-bond acceptors (Lipinski definition) is 6. The molecule has 1 N–H and O–H groups in total. The van der Waals surface area contributed by atoms with E-state index < -0.39 is 0 Å². The SMILES string of the molecule is CCN(CC(=O)NCc1cccs1)C(=O)CSc1nnc(C2CC2)n1CC. The van der Waals surface area contributed by atoms with Gasteiger partial charge >= 0.3 is 0 Å². The number of amides is 2. The largest absolute Gasteiger partial charge is 0.350 e. The van der Waals surface area contributed by atoms with E-state index >= 15 is 0 Å². The summed E-state index contributed by atoms with van der Waals surface area (Å²) in [6.45, 7) is 5.83. The van der Waals surface area contributed by atoms with Gasteiger partial charge in [0.1, 0.15) is 5.82 Å². The van der Waals surface area contributed by atoms with Gasteiger partial charge in [-0.2, -0.15) is 0 Å². The second kappa shape index (κ2) is 9.36. The molecule has 2 aromatic rings. The van der Waals surface area contributed by atoms with Gasteiger partial charge in [0.25, 0.3) is 0 Å². The van der Waals surface area contributed by atoms with Crippen molar-refractivity contribution in [2.45, 2.75) is 50.9 Å². The molecule has 146 valence electrons. The fourth-order valence-corrected chi connectivity index (χ4v) is 4.33. The lowest BCUT2D eigenvalue weighted by Crippen LogP contribution is -2.41. The zero-order valence-corrected chi connectivity index (χ0v) is 17.3. The molecule has 0 aromatic carbocycles. The number of nitrogens with one attached hydrogen (secondary N) is 1. The molecule has 7 nitrogen and oxygen atoms in total. The van der Waals surface area contributed by atoms with E-state index in [1.54, 1.807) is 16.2 Å². The predicted octanol–water partition coefficient (Wildman–Crippen LogP) is 2.49. The van der Waals surface area contributed by atoms with Gasteiger partial charge in [0.15, 0.2) is 5.16 Å². The van der Waals surface area contributed by atoms with Crippen LogP contribution in [-0.4, -0.2) is 50.3 Å². The van der Waals surface area contributed by atoms with E-state index in [1.807, 2.05) is 24.4 Å². The number of thioether (sulfide) groups is 1. The maximum atomic E-state index is 12.5. The van der Waals surface area contributed by atoms with Gasteiger partial charge in [-0.15, -0.1) is 21.5 Å². The third kappa shape index (κ3) is 5.32. The number of hydrogen-bond donors (Lipinski definition) is 1. The van der Waals surface area contributed by atoms with Crippen LogP contribution in [0.4, 0.5) is 0 Å². The Labute approximate surface area is 167 Å². The minimum absolute atomic E-state index is 0.0626. The molecule has 2 aromatic heterocycles. The third-order valence-corrected chi connectivity index (χ3v) is 6.27. The zero-order valence-electron chi connectivity index (χ0n) is 15.7. The van der Waals surface area contributed by atoms with Gasteiger partial charge < -0.3 is 14.8 Å². The molecule has 27 heavy (non-hydrogen) atoms. The summed E-state index contributed by atoms with van der Waals surface area (Å²) in [5.41, 5.74) is 0. The maximum absolute atomic E-state index is 12.5. The average Bonchev–Trinajstić information content (AvgIpc) is 3.22. The van der Waals surface area contributed by atoms with Gasteiger partial charge in [-0.05, 0) is 38.1 Å². The molecule has 2 amide bonds. The smallest absolute Gasteiger partial charge is 0.239 e. The second-order valence-electron chi connectivity index (χ2n) is 6.41. The van der Waals surface area contributed by atoms with E-state index in [4.69, 9.17) is 0 Å². The Morgan fingerprint density at radius 3 is 2.81 bits per heavy atom. The molecular weight excluding hydrogens is 382 g/mol. The summed E-state index contributed by atoms with van der Waals surface area (Å²) in [4.78, 5) is 27.3. The van der Waals surface area contributed by atoms with Crippen LogP contribution in [0, 0.1) is 0 Å². The molecule has 0 aliphatic heterocycles. The number of nitrogens with zero attached hydrogens (tertiary/aromatic N) is 4. The van der Waals surface area contributed by atoms with E-state index in [2.05, 4.69) is 27.0 Å². The van der Waals surface area contributed by atoms with Crippen LogP contribution in [0.3, 0.4) is 0 Å². The number of carbonyl (C=O) groups is 2. The van der Waals surface area contributed by atoms with Crippen molar-refractivity contribution in [2.75, 3.05) is 18.8 Å². The minimum Gasteiger partial charge on any atom is -0.350 e. The molecule has 0 spiro atoms. The molecule has 1 fully saturated rings. The van der Waals surface area contributed by atoms with Crippen LogP contribution >= 0.6 is 23.1 Å². The molecule has 1 aliphatic carbocycles. The quantitative estimate of drug-likeness (QED) is 0.612. The van der Waals surface area contributed by atoms with Gasteiger partial charge in [-0.1, -0.05) is 17.8 Å². The molecule has 1 aliphatic rings. The summed E-state index contributed by atoms with van der Waals surface area (Å²) in [5.74, 6) is 1.62. The Balaban J connectivity index is 1.49. The Morgan fingerprint density at radius 1 is 1.37 bits per heavy atom. The van der Waals surface area contributed by atoms with Gasteiger partial charge in [0, 0.05) is 23.9 Å². The van der Waals surface area contributed by atoms with Crippen molar-refractivity contribution < 1.29 is 9.59 Å². The van der Waals surface area contributed by atoms with Crippen molar-refractivity contribution in [3.63, 3.8) is 0 Å². The molecular formula is C18H25N5O2S2. The Kier molecular flexibility index (Phi) is 6.89. The second-order valence-corrected chi connectivity index (χ2v) is 8.39. The highest BCUT2D eigenvalue weighted by Crippen LogP contribution is 2.39. The van der Waals surface area contributed by atoms with E-state index in [-0.39, 0.29) is 24.1 Å². The summed E-state index contributed by atoms with van der Waals surface area (Å²) in [6, 6.07) is 3.93. The van der Waals surface area contributed by atoms with Crippen molar-refractivity contribution >= 4 is 34.9 Å². The number of likely N-dealkylation sites (N-methyl/N-ethyl adjacent to an activating group) is 1. The molecule has 0 atom stereocenters. The Morgan fingerprint density at radius 2 is 2.19 bits per heavy atom. The van der Waals surface area contributed by atoms with Crippen molar-refractivity contribution in [3.05, 3.63) is 28.2 Å². The van der Waals surface area contributed by atoms with Crippen LogP contribution < -0.4 is 5.32 Å². The first-order chi connectivity index (χ1) is 13.1. The monoisotopic (exact) mass is 407 g/mol. The molecule has 0 unspecified atom stereocenters. The Bertz CT molecular complexity index is 771. The fraction of sp³-hybridized carbons (Fsp3) is 0.556. The van der Waals surface area contributed by atoms with Crippen molar-refractivity contribution in [2.24, 2.45) is 0 Å². The number of aromatic nitrogens is 3. The van der Waals surface area contributed by atoms with E-state index in [0.717, 1.165) is 22.4 Å². The first-order valence-electron chi connectivity index (χ1n) is 9.25. The average molecular weight is 408 g/mol. The summed E-state index contributed by atoms with van der Waals surface area (Å²) in [7, 11) is 0. The van der Waals surface area contributed by atoms with Crippen LogP contribution in [0.25, 0.3) is 0 Å². The molecule has 1 saturated carbocycles. The molecule has 2 heterocycles. The maximum Gasteiger partial charge on any atom is 0.239 e. The van der Waals surface area contributed by atoms with Crippen LogP contribution in [0.15, 0.2) is 22.7 Å². The van der Waals surface area contributed by atoms with Crippen LogP contribution in [0.2, 0.25) is 0 Å². The molecule has 9 heteroatoms. The number of carbonyl (C=O) groups excluding carboxylic acids is 2.